The predicted octanol–water partition coefficient (Wildman–Crippen LogP) is 3.32. The van der Waals surface area contributed by atoms with Gasteiger partial charge in [0.2, 0.25) is 0 Å². The van der Waals surface area contributed by atoms with E-state index in [1.807, 2.05) is 20.8 Å². The minimum atomic E-state index is -0.421. The second kappa shape index (κ2) is 7.70. The molecule has 4 heteroatoms. The topological polar surface area (TPSA) is 52.3 Å². The van der Waals surface area contributed by atoms with Gasteiger partial charge in [0, 0.05) is 11.8 Å². The Bertz CT molecular complexity index is 423. The minimum Gasteiger partial charge on any atom is -0.459 e. The van der Waals surface area contributed by atoms with Crippen molar-refractivity contribution in [3.63, 3.8) is 0 Å². The predicted molar refractivity (Wildman–Crippen MR) is 85.9 cm³/mol. The average molecular weight is 295 g/mol. The van der Waals surface area contributed by atoms with Crippen LogP contribution in [-0.2, 0) is 16.0 Å². The Hall–Kier alpha value is -1.00. The van der Waals surface area contributed by atoms with E-state index in [0.29, 0.717) is 11.5 Å². The summed E-state index contributed by atoms with van der Waals surface area (Å²) in [5.74, 6) is 0.874. The first kappa shape index (κ1) is 17.1. The molecule has 0 spiro atoms. The molecule has 0 aliphatic rings. The number of rotatable bonds is 6. The summed E-state index contributed by atoms with van der Waals surface area (Å²) in [7, 11) is 0. The number of carbonyl (C=O) groups excluding carboxylic acids is 1. The zero-order chi connectivity index (χ0) is 15.2. The number of aryl methyl sites for hydroxylation is 1. The van der Waals surface area contributed by atoms with Crippen molar-refractivity contribution in [2.45, 2.75) is 45.8 Å². The van der Waals surface area contributed by atoms with Crippen LogP contribution in [0.1, 0.15) is 44.9 Å². The van der Waals surface area contributed by atoms with Crippen molar-refractivity contribution < 1.29 is 9.53 Å². The summed E-state index contributed by atoms with van der Waals surface area (Å²) in [5.41, 5.74) is 8.12. The van der Waals surface area contributed by atoms with Crippen LogP contribution in [0.5, 0.6) is 0 Å². The first-order chi connectivity index (χ1) is 9.31. The van der Waals surface area contributed by atoms with Gasteiger partial charge < -0.3 is 10.5 Å². The van der Waals surface area contributed by atoms with E-state index in [2.05, 4.69) is 31.2 Å². The number of esters is 1. The van der Waals surface area contributed by atoms with Crippen molar-refractivity contribution in [2.24, 2.45) is 5.73 Å². The molecule has 0 aliphatic heterocycles. The third-order valence-corrected chi connectivity index (χ3v) is 3.79. The molecule has 1 rings (SSSR count). The van der Waals surface area contributed by atoms with Crippen LogP contribution < -0.4 is 5.73 Å². The number of carbonyl (C=O) groups is 1. The Labute approximate surface area is 126 Å². The Kier molecular flexibility index (Phi) is 6.56. The summed E-state index contributed by atoms with van der Waals surface area (Å²) in [6, 6.07) is 8.30. The lowest BCUT2D eigenvalue weighted by Gasteiger charge is -2.19. The van der Waals surface area contributed by atoms with Crippen molar-refractivity contribution in [1.82, 2.24) is 0 Å². The zero-order valence-electron chi connectivity index (χ0n) is 12.8. The second-order valence-corrected chi connectivity index (χ2v) is 6.83. The van der Waals surface area contributed by atoms with Crippen LogP contribution in [0.15, 0.2) is 24.3 Å². The van der Waals surface area contributed by atoms with Crippen LogP contribution in [0, 0.1) is 0 Å². The first-order valence-electron chi connectivity index (χ1n) is 6.96. The maximum absolute atomic E-state index is 11.6. The lowest BCUT2D eigenvalue weighted by Crippen LogP contribution is -2.25. The summed E-state index contributed by atoms with van der Waals surface area (Å²) < 4.78 is 5.25. The van der Waals surface area contributed by atoms with Crippen molar-refractivity contribution in [1.29, 1.82) is 0 Å². The van der Waals surface area contributed by atoms with E-state index in [0.717, 1.165) is 12.0 Å². The molecule has 0 bridgehead atoms. The van der Waals surface area contributed by atoms with E-state index in [1.54, 1.807) is 0 Å². The molecule has 1 unspecified atom stereocenters. The third-order valence-electron chi connectivity index (χ3n) is 2.75. The van der Waals surface area contributed by atoms with Crippen LogP contribution in [0.3, 0.4) is 0 Å². The zero-order valence-corrected chi connectivity index (χ0v) is 13.6. The molecule has 1 atom stereocenters. The van der Waals surface area contributed by atoms with E-state index in [9.17, 15) is 4.79 Å². The number of hydrogen-bond donors (Lipinski definition) is 1. The Morgan fingerprint density at radius 2 is 1.90 bits per heavy atom. The van der Waals surface area contributed by atoms with Crippen LogP contribution in [0.25, 0.3) is 0 Å². The Balaban J connectivity index is 2.35. The fourth-order valence-electron chi connectivity index (χ4n) is 1.74. The molecule has 2 N–H and O–H groups in total. The molecule has 0 aliphatic carbocycles. The van der Waals surface area contributed by atoms with Gasteiger partial charge in [-0.15, -0.1) is 11.8 Å². The number of ether oxygens (including phenoxy) is 1. The van der Waals surface area contributed by atoms with E-state index < -0.39 is 5.60 Å². The molecule has 1 aromatic carbocycles. The molecule has 0 heterocycles. The average Bonchev–Trinajstić information content (AvgIpc) is 2.36. The molecule has 0 aromatic heterocycles. The molecule has 0 amide bonds. The third kappa shape index (κ3) is 6.44. The fraction of sp³-hybridized carbons (Fsp3) is 0.562. The van der Waals surface area contributed by atoms with Gasteiger partial charge in [-0.2, -0.15) is 0 Å². The van der Waals surface area contributed by atoms with E-state index in [4.69, 9.17) is 10.5 Å². The summed E-state index contributed by atoms with van der Waals surface area (Å²) in [5, 5.41) is 0. The Morgan fingerprint density at radius 1 is 1.30 bits per heavy atom. The highest BCUT2D eigenvalue weighted by Gasteiger charge is 2.16. The maximum Gasteiger partial charge on any atom is 0.316 e. The van der Waals surface area contributed by atoms with Gasteiger partial charge in [0.15, 0.2) is 0 Å². The molecule has 0 saturated heterocycles. The van der Waals surface area contributed by atoms with E-state index >= 15 is 0 Å². The van der Waals surface area contributed by atoms with Gasteiger partial charge in [-0.3, -0.25) is 4.79 Å². The molecule has 1 aromatic rings. The summed E-state index contributed by atoms with van der Waals surface area (Å²) in [4.78, 5) is 11.6. The van der Waals surface area contributed by atoms with Gasteiger partial charge >= 0.3 is 5.97 Å². The molecule has 112 valence electrons. The number of hydrogen-bond acceptors (Lipinski definition) is 4. The lowest BCUT2D eigenvalue weighted by atomic mass is 10.1. The van der Waals surface area contributed by atoms with Crippen molar-refractivity contribution >= 4 is 17.7 Å². The number of benzene rings is 1. The smallest absolute Gasteiger partial charge is 0.316 e. The van der Waals surface area contributed by atoms with Crippen molar-refractivity contribution in [3.05, 3.63) is 35.4 Å². The summed E-state index contributed by atoms with van der Waals surface area (Å²) in [6.45, 7) is 7.75. The SMILES string of the molecule is CCc1ccc(C(N)CSCC(=O)OC(C)(C)C)cc1. The molecule has 0 radical (unpaired) electrons. The van der Waals surface area contributed by atoms with Crippen LogP contribution in [0.2, 0.25) is 0 Å². The van der Waals surface area contributed by atoms with Crippen molar-refractivity contribution in [2.75, 3.05) is 11.5 Å². The van der Waals surface area contributed by atoms with Gasteiger partial charge in [-0.05, 0) is 38.3 Å². The molecular formula is C16H25NO2S. The quantitative estimate of drug-likeness (QED) is 0.818. The Morgan fingerprint density at radius 3 is 2.40 bits per heavy atom. The molecule has 0 saturated carbocycles. The maximum atomic E-state index is 11.6. The van der Waals surface area contributed by atoms with E-state index in [1.165, 1.54) is 17.3 Å². The largest absolute Gasteiger partial charge is 0.459 e. The van der Waals surface area contributed by atoms with Crippen LogP contribution >= 0.6 is 11.8 Å². The molecule has 0 fully saturated rings. The first-order valence-corrected chi connectivity index (χ1v) is 8.11. The summed E-state index contributed by atoms with van der Waals surface area (Å²) >= 11 is 1.52. The van der Waals surface area contributed by atoms with Gasteiger partial charge in [0.1, 0.15) is 5.60 Å². The molecular weight excluding hydrogens is 270 g/mol. The standard InChI is InChI=1S/C16H25NO2S/c1-5-12-6-8-13(9-7-12)14(17)10-20-11-15(18)19-16(2,3)4/h6-9,14H,5,10-11,17H2,1-4H3. The van der Waals surface area contributed by atoms with Gasteiger partial charge in [-0.1, -0.05) is 31.2 Å². The van der Waals surface area contributed by atoms with Gasteiger partial charge in [-0.25, -0.2) is 0 Å². The minimum absolute atomic E-state index is 0.0478. The van der Waals surface area contributed by atoms with Crippen molar-refractivity contribution in [3.8, 4) is 0 Å². The molecule has 20 heavy (non-hydrogen) atoms. The number of thioether (sulfide) groups is 1. The van der Waals surface area contributed by atoms with Gasteiger partial charge in [0.05, 0.1) is 5.75 Å². The van der Waals surface area contributed by atoms with Gasteiger partial charge in [0.25, 0.3) is 0 Å². The highest BCUT2D eigenvalue weighted by Crippen LogP contribution is 2.18. The number of nitrogens with two attached hydrogens (primary N) is 1. The van der Waals surface area contributed by atoms with Crippen LogP contribution in [0.4, 0.5) is 0 Å². The highest BCUT2D eigenvalue weighted by atomic mass is 32.2. The molecule has 3 nitrogen and oxygen atoms in total. The summed E-state index contributed by atoms with van der Waals surface area (Å²) in [6.07, 6.45) is 1.03. The lowest BCUT2D eigenvalue weighted by molar-refractivity contribution is -0.151. The monoisotopic (exact) mass is 295 g/mol. The normalized spacial score (nSPS) is 13.1. The van der Waals surface area contributed by atoms with E-state index in [-0.39, 0.29) is 12.0 Å². The second-order valence-electron chi connectivity index (χ2n) is 5.80. The highest BCUT2D eigenvalue weighted by molar-refractivity contribution is 7.99. The fourth-order valence-corrected chi connectivity index (χ4v) is 2.53. The van der Waals surface area contributed by atoms with Crippen LogP contribution in [-0.4, -0.2) is 23.1 Å².